The van der Waals surface area contributed by atoms with E-state index in [0.29, 0.717) is 0 Å². The molecule has 0 spiro atoms. The summed E-state index contributed by atoms with van der Waals surface area (Å²) in [6.45, 7) is 7.99. The van der Waals surface area contributed by atoms with Crippen LogP contribution in [0, 0.1) is 6.92 Å². The van der Waals surface area contributed by atoms with Gasteiger partial charge in [-0.2, -0.15) is 0 Å². The van der Waals surface area contributed by atoms with E-state index in [0.717, 1.165) is 31.5 Å². The molecule has 1 amide bonds. The van der Waals surface area contributed by atoms with Crippen molar-refractivity contribution >= 4 is 18.3 Å². The van der Waals surface area contributed by atoms with E-state index in [2.05, 4.69) is 29.7 Å². The lowest BCUT2D eigenvalue weighted by atomic mass is 9.83. The third kappa shape index (κ3) is 3.97. The number of benzene rings is 1. The molecule has 4 heteroatoms. The van der Waals surface area contributed by atoms with Gasteiger partial charge in [0.2, 0.25) is 5.91 Å². The molecule has 1 aliphatic heterocycles. The number of hydrogen-bond donors (Lipinski definition) is 2. The zero-order valence-corrected chi connectivity index (χ0v) is 13.3. The molecule has 2 rings (SSSR count). The minimum absolute atomic E-state index is 0. The van der Waals surface area contributed by atoms with E-state index < -0.39 is 5.41 Å². The lowest BCUT2D eigenvalue weighted by molar-refractivity contribution is -0.126. The molecule has 0 bridgehead atoms. The minimum Gasteiger partial charge on any atom is -0.351 e. The topological polar surface area (TPSA) is 41.1 Å². The molecule has 0 radical (unpaired) electrons. The van der Waals surface area contributed by atoms with Gasteiger partial charge in [-0.05, 0) is 45.7 Å². The van der Waals surface area contributed by atoms with E-state index in [1.807, 2.05) is 26.0 Å². The van der Waals surface area contributed by atoms with Crippen LogP contribution < -0.4 is 10.6 Å². The van der Waals surface area contributed by atoms with Crippen LogP contribution >= 0.6 is 12.4 Å². The Morgan fingerprint density at radius 2 is 1.95 bits per heavy atom. The van der Waals surface area contributed by atoms with Crippen molar-refractivity contribution in [1.82, 2.24) is 10.6 Å². The molecule has 1 unspecified atom stereocenters. The van der Waals surface area contributed by atoms with Crippen LogP contribution in [0.2, 0.25) is 0 Å². The van der Waals surface area contributed by atoms with Gasteiger partial charge in [0.25, 0.3) is 0 Å². The SMILES string of the molecule is Cc1ccc(C(C)(C)C(=O)NC2CCCNC2)cc1.Cl. The van der Waals surface area contributed by atoms with Crippen LogP contribution in [0.1, 0.15) is 37.8 Å². The third-order valence-electron chi connectivity index (χ3n) is 3.97. The highest BCUT2D eigenvalue weighted by atomic mass is 35.5. The Morgan fingerprint density at radius 1 is 1.30 bits per heavy atom. The first-order valence-electron chi connectivity index (χ1n) is 7.09. The molecule has 0 saturated carbocycles. The van der Waals surface area contributed by atoms with Crippen LogP contribution in [0.4, 0.5) is 0 Å². The molecule has 0 aromatic heterocycles. The molecule has 1 heterocycles. The Kier molecular flexibility index (Phi) is 6.03. The Balaban J connectivity index is 0.00000200. The highest BCUT2D eigenvalue weighted by Gasteiger charge is 2.31. The third-order valence-corrected chi connectivity index (χ3v) is 3.97. The van der Waals surface area contributed by atoms with Crippen molar-refractivity contribution in [1.29, 1.82) is 0 Å². The quantitative estimate of drug-likeness (QED) is 0.900. The molecule has 1 fully saturated rings. The van der Waals surface area contributed by atoms with Crippen molar-refractivity contribution in [3.63, 3.8) is 0 Å². The van der Waals surface area contributed by atoms with E-state index in [4.69, 9.17) is 0 Å². The average Bonchev–Trinajstić information content (AvgIpc) is 2.40. The normalized spacial score (nSPS) is 19.1. The van der Waals surface area contributed by atoms with Crippen LogP contribution in [-0.4, -0.2) is 25.0 Å². The number of aryl methyl sites for hydroxylation is 1. The zero-order chi connectivity index (χ0) is 13.9. The molecule has 0 aliphatic carbocycles. The van der Waals surface area contributed by atoms with E-state index in [9.17, 15) is 4.79 Å². The highest BCUT2D eigenvalue weighted by Crippen LogP contribution is 2.24. The summed E-state index contributed by atoms with van der Waals surface area (Å²) in [5, 5.41) is 6.49. The molecular formula is C16H25ClN2O. The Hall–Kier alpha value is -1.06. The standard InChI is InChI=1S/C16H24N2O.ClH/c1-12-6-8-13(9-7-12)16(2,3)15(19)18-14-5-4-10-17-11-14;/h6-9,14,17H,4-5,10-11H2,1-3H3,(H,18,19);1H. The summed E-state index contributed by atoms with van der Waals surface area (Å²) in [5.74, 6) is 0.116. The number of hydrogen-bond acceptors (Lipinski definition) is 2. The van der Waals surface area contributed by atoms with Gasteiger partial charge in [-0.25, -0.2) is 0 Å². The molecule has 2 N–H and O–H groups in total. The zero-order valence-electron chi connectivity index (χ0n) is 12.5. The fourth-order valence-electron chi connectivity index (χ4n) is 2.44. The van der Waals surface area contributed by atoms with Gasteiger partial charge in [0.15, 0.2) is 0 Å². The average molecular weight is 297 g/mol. The molecule has 1 aromatic rings. The molecular weight excluding hydrogens is 272 g/mol. The number of piperidine rings is 1. The second kappa shape index (κ2) is 7.09. The first-order chi connectivity index (χ1) is 9.00. The van der Waals surface area contributed by atoms with Crippen molar-refractivity contribution in [3.8, 4) is 0 Å². The van der Waals surface area contributed by atoms with Gasteiger partial charge < -0.3 is 10.6 Å². The summed E-state index contributed by atoms with van der Waals surface area (Å²) < 4.78 is 0. The van der Waals surface area contributed by atoms with Crippen LogP contribution in [-0.2, 0) is 10.2 Å². The van der Waals surface area contributed by atoms with Crippen LogP contribution in [0.5, 0.6) is 0 Å². The number of rotatable bonds is 3. The smallest absolute Gasteiger partial charge is 0.230 e. The summed E-state index contributed by atoms with van der Waals surface area (Å²) >= 11 is 0. The molecule has 1 atom stereocenters. The predicted molar refractivity (Wildman–Crippen MR) is 85.5 cm³/mol. The first-order valence-corrected chi connectivity index (χ1v) is 7.09. The van der Waals surface area contributed by atoms with Gasteiger partial charge >= 0.3 is 0 Å². The van der Waals surface area contributed by atoms with Crippen molar-refractivity contribution in [2.24, 2.45) is 0 Å². The van der Waals surface area contributed by atoms with Gasteiger partial charge in [0, 0.05) is 12.6 Å². The highest BCUT2D eigenvalue weighted by molar-refractivity contribution is 5.87. The maximum absolute atomic E-state index is 12.5. The summed E-state index contributed by atoms with van der Waals surface area (Å²) in [5.41, 5.74) is 1.81. The fourth-order valence-corrected chi connectivity index (χ4v) is 2.44. The van der Waals surface area contributed by atoms with E-state index in [-0.39, 0.29) is 24.4 Å². The monoisotopic (exact) mass is 296 g/mol. The predicted octanol–water partition coefficient (Wildman–Crippen LogP) is 2.56. The molecule has 1 aromatic carbocycles. The molecule has 20 heavy (non-hydrogen) atoms. The number of amides is 1. The number of carbonyl (C=O) groups excluding carboxylic acids is 1. The second-order valence-corrected chi connectivity index (χ2v) is 6.01. The van der Waals surface area contributed by atoms with Crippen LogP contribution in [0.3, 0.4) is 0 Å². The maximum atomic E-state index is 12.5. The summed E-state index contributed by atoms with van der Waals surface area (Å²) in [6.07, 6.45) is 2.21. The Bertz CT molecular complexity index is 436. The van der Waals surface area contributed by atoms with Gasteiger partial charge in [-0.15, -0.1) is 12.4 Å². The lowest BCUT2D eigenvalue weighted by Gasteiger charge is -2.30. The van der Waals surface area contributed by atoms with Crippen LogP contribution in [0.25, 0.3) is 0 Å². The second-order valence-electron chi connectivity index (χ2n) is 6.01. The van der Waals surface area contributed by atoms with Gasteiger partial charge in [0.1, 0.15) is 0 Å². The maximum Gasteiger partial charge on any atom is 0.230 e. The van der Waals surface area contributed by atoms with E-state index >= 15 is 0 Å². The Morgan fingerprint density at radius 3 is 2.50 bits per heavy atom. The minimum atomic E-state index is -0.481. The summed E-state index contributed by atoms with van der Waals surface area (Å²) in [6, 6.07) is 8.49. The van der Waals surface area contributed by atoms with Crippen molar-refractivity contribution in [2.45, 2.75) is 45.1 Å². The number of halogens is 1. The summed E-state index contributed by atoms with van der Waals surface area (Å²) in [4.78, 5) is 12.5. The molecule has 1 saturated heterocycles. The lowest BCUT2D eigenvalue weighted by Crippen LogP contribution is -2.50. The molecule has 1 aliphatic rings. The number of carbonyl (C=O) groups is 1. The first kappa shape index (κ1) is 17.0. The van der Waals surface area contributed by atoms with Crippen LogP contribution in [0.15, 0.2) is 24.3 Å². The summed E-state index contributed by atoms with van der Waals surface area (Å²) in [7, 11) is 0. The fraction of sp³-hybridized carbons (Fsp3) is 0.562. The van der Waals surface area contributed by atoms with E-state index in [1.54, 1.807) is 0 Å². The Labute approximate surface area is 127 Å². The van der Waals surface area contributed by atoms with Gasteiger partial charge in [0.05, 0.1) is 5.41 Å². The van der Waals surface area contributed by atoms with Crippen molar-refractivity contribution < 1.29 is 4.79 Å². The van der Waals surface area contributed by atoms with Crippen molar-refractivity contribution in [3.05, 3.63) is 35.4 Å². The van der Waals surface area contributed by atoms with E-state index in [1.165, 1.54) is 5.56 Å². The number of nitrogens with one attached hydrogen (secondary N) is 2. The largest absolute Gasteiger partial charge is 0.351 e. The molecule has 112 valence electrons. The van der Waals surface area contributed by atoms with Gasteiger partial charge in [-0.3, -0.25) is 4.79 Å². The van der Waals surface area contributed by atoms with Crippen molar-refractivity contribution in [2.75, 3.05) is 13.1 Å². The molecule has 3 nitrogen and oxygen atoms in total. The van der Waals surface area contributed by atoms with Gasteiger partial charge in [-0.1, -0.05) is 29.8 Å².